The van der Waals surface area contributed by atoms with Crippen LogP contribution in [0.5, 0.6) is 17.2 Å². The molecule has 3 rings (SSSR count). The first-order valence-electron chi connectivity index (χ1n) is 9.23. The summed E-state index contributed by atoms with van der Waals surface area (Å²) in [5.74, 6) is 1.65. The van der Waals surface area contributed by atoms with Crippen LogP contribution in [0.2, 0.25) is 5.02 Å². The van der Waals surface area contributed by atoms with Crippen LogP contribution >= 0.6 is 11.6 Å². The van der Waals surface area contributed by atoms with Gasteiger partial charge in [-0.3, -0.25) is 4.72 Å². The fraction of sp³-hybridized carbons (Fsp3) is 0.130. The predicted molar refractivity (Wildman–Crippen MR) is 124 cm³/mol. The highest BCUT2D eigenvalue weighted by molar-refractivity contribution is 7.92. The van der Waals surface area contributed by atoms with Gasteiger partial charge in [0.1, 0.15) is 0 Å². The molecule has 3 aromatic rings. The Morgan fingerprint density at radius 1 is 0.774 bits per heavy atom. The van der Waals surface area contributed by atoms with Crippen LogP contribution < -0.4 is 18.9 Å². The van der Waals surface area contributed by atoms with E-state index in [1.165, 1.54) is 24.3 Å². The summed E-state index contributed by atoms with van der Waals surface area (Å²) in [6.45, 7) is 0. The van der Waals surface area contributed by atoms with E-state index in [-0.39, 0.29) is 4.90 Å². The molecule has 0 fully saturated rings. The second kappa shape index (κ2) is 9.76. The Hall–Kier alpha value is -3.16. The zero-order valence-corrected chi connectivity index (χ0v) is 18.8. The monoisotopic (exact) mass is 459 g/mol. The smallest absolute Gasteiger partial charge is 0.261 e. The van der Waals surface area contributed by atoms with Gasteiger partial charge in [-0.25, -0.2) is 8.42 Å². The van der Waals surface area contributed by atoms with Crippen LogP contribution in [0, 0.1) is 0 Å². The molecule has 0 aromatic heterocycles. The van der Waals surface area contributed by atoms with E-state index in [1.807, 2.05) is 36.4 Å². The maximum absolute atomic E-state index is 12.5. The first-order valence-corrected chi connectivity index (χ1v) is 11.1. The fourth-order valence-corrected chi connectivity index (χ4v) is 4.06. The van der Waals surface area contributed by atoms with Gasteiger partial charge in [0.25, 0.3) is 10.0 Å². The normalized spacial score (nSPS) is 11.4. The van der Waals surface area contributed by atoms with Gasteiger partial charge in [-0.05, 0) is 59.7 Å². The molecule has 0 spiro atoms. The number of nitrogens with one attached hydrogen (secondary N) is 1. The van der Waals surface area contributed by atoms with Crippen molar-refractivity contribution in [1.29, 1.82) is 0 Å². The van der Waals surface area contributed by atoms with Crippen molar-refractivity contribution >= 4 is 39.5 Å². The van der Waals surface area contributed by atoms with Gasteiger partial charge >= 0.3 is 0 Å². The lowest BCUT2D eigenvalue weighted by atomic mass is 10.1. The number of rotatable bonds is 8. The molecule has 6 nitrogen and oxygen atoms in total. The van der Waals surface area contributed by atoms with E-state index in [4.69, 9.17) is 25.8 Å². The SMILES string of the molecule is COc1cc(C=Cc2ccc(NS(=O)(=O)c3ccc(Cl)cc3)cc2)cc(OC)c1OC. The molecule has 0 atom stereocenters. The maximum Gasteiger partial charge on any atom is 0.261 e. The van der Waals surface area contributed by atoms with Crippen LogP contribution in [-0.4, -0.2) is 29.7 Å². The first kappa shape index (κ1) is 22.5. The molecule has 0 saturated heterocycles. The molecule has 0 saturated carbocycles. The van der Waals surface area contributed by atoms with Crippen molar-refractivity contribution in [2.45, 2.75) is 4.90 Å². The van der Waals surface area contributed by atoms with E-state index in [0.29, 0.717) is 28.0 Å². The molecule has 0 bridgehead atoms. The Kier molecular flexibility index (Phi) is 7.09. The number of methoxy groups -OCH3 is 3. The van der Waals surface area contributed by atoms with Crippen LogP contribution in [0.1, 0.15) is 11.1 Å². The molecule has 31 heavy (non-hydrogen) atoms. The summed E-state index contributed by atoms with van der Waals surface area (Å²) in [5, 5.41) is 0.474. The number of hydrogen-bond acceptors (Lipinski definition) is 5. The van der Waals surface area contributed by atoms with E-state index < -0.39 is 10.0 Å². The second-order valence-corrected chi connectivity index (χ2v) is 8.59. The summed E-state index contributed by atoms with van der Waals surface area (Å²) in [7, 11) is 0.996. The largest absolute Gasteiger partial charge is 0.493 e. The van der Waals surface area contributed by atoms with Crippen LogP contribution in [0.4, 0.5) is 5.69 Å². The highest BCUT2D eigenvalue weighted by Gasteiger charge is 2.14. The molecule has 0 aliphatic heterocycles. The number of halogens is 1. The van der Waals surface area contributed by atoms with Crippen molar-refractivity contribution in [2.24, 2.45) is 0 Å². The van der Waals surface area contributed by atoms with Crippen LogP contribution in [0.15, 0.2) is 65.6 Å². The van der Waals surface area contributed by atoms with Gasteiger partial charge in [0, 0.05) is 10.7 Å². The van der Waals surface area contributed by atoms with Gasteiger partial charge in [-0.1, -0.05) is 35.9 Å². The van der Waals surface area contributed by atoms with Gasteiger partial charge in [0.2, 0.25) is 5.75 Å². The molecule has 3 aromatic carbocycles. The van der Waals surface area contributed by atoms with E-state index in [2.05, 4.69) is 4.72 Å². The lowest BCUT2D eigenvalue weighted by molar-refractivity contribution is 0.324. The highest BCUT2D eigenvalue weighted by Crippen LogP contribution is 2.38. The molecular formula is C23H22ClNO5S. The van der Waals surface area contributed by atoms with Crippen molar-refractivity contribution in [3.63, 3.8) is 0 Å². The topological polar surface area (TPSA) is 73.9 Å². The van der Waals surface area contributed by atoms with E-state index >= 15 is 0 Å². The van der Waals surface area contributed by atoms with Gasteiger partial charge in [-0.2, -0.15) is 0 Å². The molecule has 162 valence electrons. The lowest BCUT2D eigenvalue weighted by Crippen LogP contribution is -2.12. The van der Waals surface area contributed by atoms with Gasteiger partial charge in [-0.15, -0.1) is 0 Å². The van der Waals surface area contributed by atoms with Gasteiger partial charge in [0.15, 0.2) is 11.5 Å². The molecular weight excluding hydrogens is 438 g/mol. The standard InChI is InChI=1S/C23H22ClNO5S/c1-28-21-14-17(15-22(29-2)23(21)30-3)5-4-16-6-10-19(11-7-16)25-31(26,27)20-12-8-18(24)9-13-20/h4-15,25H,1-3H3. The average Bonchev–Trinajstić information content (AvgIpc) is 2.77. The summed E-state index contributed by atoms with van der Waals surface area (Å²) in [5.41, 5.74) is 2.21. The molecule has 0 radical (unpaired) electrons. The van der Waals surface area contributed by atoms with Crippen molar-refractivity contribution in [3.8, 4) is 17.2 Å². The molecule has 0 amide bonds. The van der Waals surface area contributed by atoms with Crippen LogP contribution in [0.25, 0.3) is 12.2 Å². The van der Waals surface area contributed by atoms with Gasteiger partial charge < -0.3 is 14.2 Å². The Labute approximate surface area is 187 Å². The summed E-state index contributed by atoms with van der Waals surface area (Å²) >= 11 is 5.82. The molecule has 1 N–H and O–H groups in total. The molecule has 0 aliphatic carbocycles. The minimum atomic E-state index is -3.69. The number of ether oxygens (including phenoxy) is 3. The third-order valence-corrected chi connectivity index (χ3v) is 6.09. The predicted octanol–water partition coefficient (Wildman–Crippen LogP) is 5.34. The van der Waals surface area contributed by atoms with Crippen molar-refractivity contribution in [3.05, 3.63) is 76.8 Å². The Morgan fingerprint density at radius 2 is 1.32 bits per heavy atom. The molecule has 0 aliphatic rings. The fourth-order valence-electron chi connectivity index (χ4n) is 2.88. The first-order chi connectivity index (χ1) is 14.9. The second-order valence-electron chi connectivity index (χ2n) is 6.47. The van der Waals surface area contributed by atoms with Crippen LogP contribution in [-0.2, 0) is 10.0 Å². The number of anilines is 1. The molecule has 8 heteroatoms. The minimum Gasteiger partial charge on any atom is -0.493 e. The Bertz CT molecular complexity index is 1150. The molecule has 0 unspecified atom stereocenters. The maximum atomic E-state index is 12.5. The third kappa shape index (κ3) is 5.51. The van der Waals surface area contributed by atoms with E-state index in [9.17, 15) is 8.42 Å². The van der Waals surface area contributed by atoms with Crippen molar-refractivity contribution in [2.75, 3.05) is 26.1 Å². The summed E-state index contributed by atoms with van der Waals surface area (Å²) in [6.07, 6.45) is 3.80. The highest BCUT2D eigenvalue weighted by atomic mass is 35.5. The lowest BCUT2D eigenvalue weighted by Gasteiger charge is -2.12. The number of benzene rings is 3. The van der Waals surface area contributed by atoms with Gasteiger partial charge in [0.05, 0.1) is 26.2 Å². The zero-order chi connectivity index (χ0) is 22.4. The minimum absolute atomic E-state index is 0.142. The third-order valence-electron chi connectivity index (χ3n) is 4.44. The number of sulfonamides is 1. The summed E-state index contributed by atoms with van der Waals surface area (Å²) < 4.78 is 43.6. The Morgan fingerprint density at radius 3 is 1.84 bits per heavy atom. The number of hydrogen-bond donors (Lipinski definition) is 1. The van der Waals surface area contributed by atoms with Crippen molar-refractivity contribution in [1.82, 2.24) is 0 Å². The van der Waals surface area contributed by atoms with E-state index in [0.717, 1.165) is 11.1 Å². The average molecular weight is 460 g/mol. The summed E-state index contributed by atoms with van der Waals surface area (Å²) in [6, 6.07) is 16.7. The van der Waals surface area contributed by atoms with E-state index in [1.54, 1.807) is 33.5 Å². The zero-order valence-electron chi connectivity index (χ0n) is 17.3. The van der Waals surface area contributed by atoms with Crippen molar-refractivity contribution < 1.29 is 22.6 Å². The Balaban J connectivity index is 1.76. The summed E-state index contributed by atoms with van der Waals surface area (Å²) in [4.78, 5) is 0.142. The quantitative estimate of drug-likeness (QED) is 0.460. The molecule has 0 heterocycles. The van der Waals surface area contributed by atoms with Crippen LogP contribution in [0.3, 0.4) is 0 Å².